The minimum atomic E-state index is -0.238. The molecule has 0 atom stereocenters. The van der Waals surface area contributed by atoms with Crippen LogP contribution >= 0.6 is 0 Å². The maximum absolute atomic E-state index is 13.8. The molecule has 0 saturated heterocycles. The third-order valence-corrected chi connectivity index (χ3v) is 3.86. The van der Waals surface area contributed by atoms with Crippen molar-refractivity contribution in [1.82, 2.24) is 19.9 Å². The van der Waals surface area contributed by atoms with E-state index in [1.165, 1.54) is 6.07 Å². The summed E-state index contributed by atoms with van der Waals surface area (Å²) in [4.78, 5) is 14.6. The van der Waals surface area contributed by atoms with Crippen LogP contribution in [0.2, 0.25) is 0 Å². The van der Waals surface area contributed by atoms with E-state index in [0.29, 0.717) is 36.2 Å². The van der Waals surface area contributed by atoms with E-state index in [9.17, 15) is 4.39 Å². The topological polar surface area (TPSA) is 89.2 Å². The van der Waals surface area contributed by atoms with Crippen molar-refractivity contribution in [2.75, 3.05) is 25.2 Å². The van der Waals surface area contributed by atoms with Gasteiger partial charge in [-0.15, -0.1) is 0 Å². The summed E-state index contributed by atoms with van der Waals surface area (Å²) in [5.74, 6) is 1.34. The van der Waals surface area contributed by atoms with Gasteiger partial charge in [0.25, 0.3) is 0 Å². The molecule has 0 aliphatic heterocycles. The van der Waals surface area contributed by atoms with E-state index in [4.69, 9.17) is 10.5 Å². The summed E-state index contributed by atoms with van der Waals surface area (Å²) in [6, 6.07) is 14.1. The number of nitrogen functional groups attached to an aromatic ring is 1. The first-order valence-corrected chi connectivity index (χ1v) is 8.37. The molecule has 0 fully saturated rings. The van der Waals surface area contributed by atoms with Gasteiger partial charge >= 0.3 is 0 Å². The first kappa shape index (κ1) is 18.5. The molecule has 0 aliphatic rings. The maximum Gasteiger partial charge on any atom is 0.232 e. The van der Waals surface area contributed by atoms with Crippen LogP contribution < -0.4 is 15.8 Å². The summed E-state index contributed by atoms with van der Waals surface area (Å²) in [5, 5.41) is 3.09. The van der Waals surface area contributed by atoms with Gasteiger partial charge in [0.05, 0.1) is 19.3 Å². The molecule has 2 aromatic carbocycles. The SMILES string of the molecule is COc1ccccc1Nc1nc(N)nc(CN(C)Cc2ccccc2F)n1. The Balaban J connectivity index is 1.74. The molecular weight excluding hydrogens is 347 g/mol. The van der Waals surface area contributed by atoms with Gasteiger partial charge in [0.15, 0.2) is 0 Å². The Labute approximate surface area is 157 Å². The second-order valence-electron chi connectivity index (χ2n) is 6.02. The molecule has 0 saturated carbocycles. The number of rotatable bonds is 7. The average molecular weight is 368 g/mol. The van der Waals surface area contributed by atoms with E-state index >= 15 is 0 Å². The largest absolute Gasteiger partial charge is 0.495 e. The highest BCUT2D eigenvalue weighted by Crippen LogP contribution is 2.25. The lowest BCUT2D eigenvalue weighted by Crippen LogP contribution is -2.20. The molecule has 0 aliphatic carbocycles. The molecule has 0 unspecified atom stereocenters. The molecule has 7 nitrogen and oxygen atoms in total. The van der Waals surface area contributed by atoms with Crippen LogP contribution in [0.4, 0.5) is 22.0 Å². The Morgan fingerprint density at radius 2 is 1.78 bits per heavy atom. The molecule has 27 heavy (non-hydrogen) atoms. The van der Waals surface area contributed by atoms with Crippen LogP contribution in [0, 0.1) is 5.82 Å². The zero-order valence-corrected chi connectivity index (χ0v) is 15.2. The third kappa shape index (κ3) is 4.89. The van der Waals surface area contributed by atoms with Crippen LogP contribution in [0.15, 0.2) is 48.5 Å². The second-order valence-corrected chi connectivity index (χ2v) is 6.02. The van der Waals surface area contributed by atoms with Crippen LogP contribution in [-0.4, -0.2) is 34.0 Å². The van der Waals surface area contributed by atoms with E-state index in [-0.39, 0.29) is 11.8 Å². The number of nitrogens with zero attached hydrogens (tertiary/aromatic N) is 4. The molecule has 140 valence electrons. The number of benzene rings is 2. The molecule has 3 N–H and O–H groups in total. The van der Waals surface area contributed by atoms with E-state index < -0.39 is 0 Å². The summed E-state index contributed by atoms with van der Waals surface area (Å²) in [6.07, 6.45) is 0. The van der Waals surface area contributed by atoms with Crippen LogP contribution in [0.3, 0.4) is 0 Å². The summed E-state index contributed by atoms with van der Waals surface area (Å²) in [6.45, 7) is 0.815. The van der Waals surface area contributed by atoms with Crippen molar-refractivity contribution in [3.63, 3.8) is 0 Å². The Kier molecular flexibility index (Phi) is 5.77. The Hall–Kier alpha value is -3.26. The van der Waals surface area contributed by atoms with Gasteiger partial charge in [0.1, 0.15) is 17.4 Å². The van der Waals surface area contributed by atoms with Crippen LogP contribution in [0.5, 0.6) is 5.75 Å². The number of ether oxygens (including phenoxy) is 1. The normalized spacial score (nSPS) is 10.8. The van der Waals surface area contributed by atoms with E-state index in [1.807, 2.05) is 42.3 Å². The van der Waals surface area contributed by atoms with Crippen molar-refractivity contribution < 1.29 is 9.13 Å². The van der Waals surface area contributed by atoms with Gasteiger partial charge in [-0.3, -0.25) is 4.90 Å². The molecule has 0 radical (unpaired) electrons. The molecule has 1 heterocycles. The molecule has 3 rings (SSSR count). The quantitative estimate of drug-likeness (QED) is 0.663. The van der Waals surface area contributed by atoms with Gasteiger partial charge in [0, 0.05) is 12.1 Å². The van der Waals surface area contributed by atoms with Crippen molar-refractivity contribution in [1.29, 1.82) is 0 Å². The number of nitrogens with two attached hydrogens (primary N) is 1. The zero-order chi connectivity index (χ0) is 19.2. The number of aromatic nitrogens is 3. The van der Waals surface area contributed by atoms with Crippen molar-refractivity contribution in [2.24, 2.45) is 0 Å². The van der Waals surface area contributed by atoms with E-state index in [1.54, 1.807) is 19.2 Å². The lowest BCUT2D eigenvalue weighted by Gasteiger charge is -2.17. The van der Waals surface area contributed by atoms with Crippen molar-refractivity contribution >= 4 is 17.6 Å². The summed E-state index contributed by atoms with van der Waals surface area (Å²) in [7, 11) is 3.45. The lowest BCUT2D eigenvalue weighted by atomic mass is 10.2. The van der Waals surface area contributed by atoms with Gasteiger partial charge in [0.2, 0.25) is 11.9 Å². The fourth-order valence-electron chi connectivity index (χ4n) is 2.65. The van der Waals surface area contributed by atoms with Crippen molar-refractivity contribution in [3.05, 3.63) is 65.7 Å². The van der Waals surface area contributed by atoms with Crippen LogP contribution in [-0.2, 0) is 13.1 Å². The molecule has 8 heteroatoms. The smallest absolute Gasteiger partial charge is 0.232 e. The highest BCUT2D eigenvalue weighted by molar-refractivity contribution is 5.62. The molecule has 0 bridgehead atoms. The highest BCUT2D eigenvalue weighted by atomic mass is 19.1. The maximum atomic E-state index is 13.8. The number of halogens is 1. The third-order valence-electron chi connectivity index (χ3n) is 3.86. The summed E-state index contributed by atoms with van der Waals surface area (Å²) >= 11 is 0. The standard InChI is InChI=1S/C19H21FN6O/c1-26(11-13-7-3-4-8-14(13)20)12-17-23-18(21)25-19(24-17)22-15-9-5-6-10-16(15)27-2/h3-10H,11-12H2,1-2H3,(H3,21,22,23,24,25). The number of anilines is 3. The van der Waals surface area contributed by atoms with E-state index in [2.05, 4.69) is 20.3 Å². The fourth-order valence-corrected chi connectivity index (χ4v) is 2.65. The monoisotopic (exact) mass is 368 g/mol. The summed E-state index contributed by atoms with van der Waals surface area (Å²) < 4.78 is 19.1. The Bertz CT molecular complexity index is 920. The molecule has 3 aromatic rings. The minimum Gasteiger partial charge on any atom is -0.495 e. The number of hydrogen-bond donors (Lipinski definition) is 2. The van der Waals surface area contributed by atoms with Gasteiger partial charge in [-0.1, -0.05) is 30.3 Å². The average Bonchev–Trinajstić information content (AvgIpc) is 2.63. The number of nitrogens with one attached hydrogen (secondary N) is 1. The minimum absolute atomic E-state index is 0.108. The van der Waals surface area contributed by atoms with Crippen molar-refractivity contribution in [2.45, 2.75) is 13.1 Å². The van der Waals surface area contributed by atoms with Gasteiger partial charge < -0.3 is 15.8 Å². The molecular formula is C19H21FN6O. The first-order chi connectivity index (χ1) is 13.0. The Morgan fingerprint density at radius 3 is 2.56 bits per heavy atom. The number of hydrogen-bond acceptors (Lipinski definition) is 7. The predicted molar refractivity (Wildman–Crippen MR) is 102 cm³/mol. The van der Waals surface area contributed by atoms with Gasteiger partial charge in [-0.2, -0.15) is 15.0 Å². The number of para-hydroxylation sites is 2. The van der Waals surface area contributed by atoms with Crippen LogP contribution in [0.25, 0.3) is 0 Å². The predicted octanol–water partition coefficient (Wildman–Crippen LogP) is 2.98. The zero-order valence-electron chi connectivity index (χ0n) is 15.2. The molecule has 0 spiro atoms. The lowest BCUT2D eigenvalue weighted by molar-refractivity contribution is 0.305. The first-order valence-electron chi connectivity index (χ1n) is 8.37. The van der Waals surface area contributed by atoms with Gasteiger partial charge in [-0.25, -0.2) is 4.39 Å². The highest BCUT2D eigenvalue weighted by Gasteiger charge is 2.11. The summed E-state index contributed by atoms with van der Waals surface area (Å²) in [5.41, 5.74) is 7.15. The van der Waals surface area contributed by atoms with Crippen molar-refractivity contribution in [3.8, 4) is 5.75 Å². The van der Waals surface area contributed by atoms with Gasteiger partial charge in [-0.05, 0) is 25.2 Å². The van der Waals surface area contributed by atoms with E-state index in [0.717, 1.165) is 5.69 Å². The van der Waals surface area contributed by atoms with Crippen LogP contribution in [0.1, 0.15) is 11.4 Å². The second kappa shape index (κ2) is 8.41. The molecule has 1 aromatic heterocycles. The molecule has 0 amide bonds. The number of methoxy groups -OCH3 is 1. The fraction of sp³-hybridized carbons (Fsp3) is 0.211. The Morgan fingerprint density at radius 1 is 1.04 bits per heavy atom.